The zero-order valence-electron chi connectivity index (χ0n) is 23.1. The molecule has 0 spiro atoms. The molecule has 0 aromatic heterocycles. The van der Waals surface area contributed by atoms with Gasteiger partial charge in [0.2, 0.25) is 11.8 Å². The summed E-state index contributed by atoms with van der Waals surface area (Å²) >= 11 is 0. The van der Waals surface area contributed by atoms with Crippen LogP contribution >= 0.6 is 0 Å². The van der Waals surface area contributed by atoms with E-state index in [1.54, 1.807) is 0 Å². The number of piperidine rings is 1. The van der Waals surface area contributed by atoms with Crippen molar-refractivity contribution in [3.63, 3.8) is 0 Å². The molecule has 2 amide bonds. The van der Waals surface area contributed by atoms with E-state index in [4.69, 9.17) is 16.9 Å². The van der Waals surface area contributed by atoms with Crippen LogP contribution < -0.4 is 22.1 Å². The van der Waals surface area contributed by atoms with Gasteiger partial charge in [0.05, 0.1) is 5.92 Å². The molecule has 7 N–H and O–H groups in total. The van der Waals surface area contributed by atoms with Crippen LogP contribution in [0.25, 0.3) is 0 Å². The van der Waals surface area contributed by atoms with Gasteiger partial charge in [0.25, 0.3) is 0 Å². The summed E-state index contributed by atoms with van der Waals surface area (Å²) in [6, 6.07) is 15.2. The lowest BCUT2D eigenvalue weighted by Crippen LogP contribution is -2.53. The summed E-state index contributed by atoms with van der Waals surface area (Å²) < 4.78 is 0. The topological polar surface area (TPSA) is 137 Å². The smallest absolute Gasteiger partial charge is 0.242 e. The third-order valence-electron chi connectivity index (χ3n) is 8.40. The molecule has 1 aliphatic heterocycles. The molecule has 0 bridgehead atoms. The lowest BCUT2D eigenvalue weighted by molar-refractivity contribution is -0.131. The fourth-order valence-electron chi connectivity index (χ4n) is 5.99. The van der Waals surface area contributed by atoms with E-state index in [1.807, 2.05) is 54.3 Å². The van der Waals surface area contributed by atoms with Gasteiger partial charge >= 0.3 is 0 Å². The Kier molecular flexibility index (Phi) is 9.85. The number of carbonyl (C=O) groups is 2. The van der Waals surface area contributed by atoms with E-state index in [1.165, 1.54) is 6.42 Å². The van der Waals surface area contributed by atoms with E-state index in [2.05, 4.69) is 16.7 Å². The number of benzene rings is 2. The number of aryl methyl sites for hydroxylation is 1. The monoisotopic (exact) mass is 532 g/mol. The number of amides is 2. The minimum Gasteiger partial charge on any atom is -0.399 e. The Labute approximate surface area is 232 Å². The molecule has 2 aromatic carbocycles. The molecule has 2 fully saturated rings. The van der Waals surface area contributed by atoms with Gasteiger partial charge in [-0.2, -0.15) is 0 Å². The minimum absolute atomic E-state index is 0.0836. The summed E-state index contributed by atoms with van der Waals surface area (Å²) in [5.41, 5.74) is 15.3. The molecule has 4 rings (SSSR count). The molecule has 8 nitrogen and oxygen atoms in total. The molecule has 2 atom stereocenters. The highest BCUT2D eigenvalue weighted by Gasteiger charge is 2.34. The largest absolute Gasteiger partial charge is 0.399 e. The Bertz CT molecular complexity index is 1120. The van der Waals surface area contributed by atoms with Crippen molar-refractivity contribution < 1.29 is 9.59 Å². The number of carbonyl (C=O) groups excluding carboxylic acids is 2. The van der Waals surface area contributed by atoms with Crippen molar-refractivity contribution in [1.82, 2.24) is 15.5 Å². The highest BCUT2D eigenvalue weighted by molar-refractivity contribution is 5.91. The number of guanidine groups is 1. The highest BCUT2D eigenvalue weighted by Crippen LogP contribution is 2.29. The van der Waals surface area contributed by atoms with Crippen LogP contribution in [0.2, 0.25) is 0 Å². The number of rotatable bonds is 9. The van der Waals surface area contributed by atoms with Crippen molar-refractivity contribution in [3.05, 3.63) is 65.2 Å². The second-order valence-electron chi connectivity index (χ2n) is 11.4. The maximum Gasteiger partial charge on any atom is 0.242 e. The Hall–Kier alpha value is -3.55. The molecule has 39 heavy (non-hydrogen) atoms. The maximum absolute atomic E-state index is 13.9. The lowest BCUT2D eigenvalue weighted by Gasteiger charge is -2.34. The van der Waals surface area contributed by atoms with E-state index in [-0.39, 0.29) is 23.7 Å². The van der Waals surface area contributed by atoms with Gasteiger partial charge in [-0.1, -0.05) is 61.2 Å². The molecule has 8 heteroatoms. The fourth-order valence-corrected chi connectivity index (χ4v) is 5.99. The molecule has 1 unspecified atom stereocenters. The Morgan fingerprint density at radius 1 is 1.00 bits per heavy atom. The van der Waals surface area contributed by atoms with Crippen molar-refractivity contribution in [1.29, 1.82) is 5.41 Å². The van der Waals surface area contributed by atoms with Crippen LogP contribution in [-0.2, 0) is 16.0 Å². The zero-order valence-corrected chi connectivity index (χ0v) is 23.1. The number of nitrogens with two attached hydrogens (primary N) is 2. The minimum atomic E-state index is -0.547. The summed E-state index contributed by atoms with van der Waals surface area (Å²) in [6.45, 7) is 4.08. The van der Waals surface area contributed by atoms with E-state index in [0.717, 1.165) is 68.3 Å². The Balaban J connectivity index is 1.48. The van der Waals surface area contributed by atoms with Crippen LogP contribution in [0.5, 0.6) is 0 Å². The number of anilines is 1. The maximum atomic E-state index is 13.9. The van der Waals surface area contributed by atoms with E-state index < -0.39 is 12.0 Å². The number of likely N-dealkylation sites (tertiary alicyclic amines) is 1. The molecular weight excluding hydrogens is 488 g/mol. The molecule has 2 aromatic rings. The Morgan fingerprint density at radius 2 is 1.69 bits per heavy atom. The van der Waals surface area contributed by atoms with Crippen LogP contribution in [0.4, 0.5) is 5.69 Å². The second kappa shape index (κ2) is 13.5. The van der Waals surface area contributed by atoms with Gasteiger partial charge in [-0.3, -0.25) is 15.0 Å². The summed E-state index contributed by atoms with van der Waals surface area (Å²) in [5, 5.41) is 14.0. The van der Waals surface area contributed by atoms with Gasteiger partial charge in [0.15, 0.2) is 5.96 Å². The zero-order chi connectivity index (χ0) is 27.8. The number of hydrogen-bond acceptors (Lipinski definition) is 4. The molecule has 0 radical (unpaired) electrons. The summed E-state index contributed by atoms with van der Waals surface area (Å²) in [7, 11) is 0. The van der Waals surface area contributed by atoms with Crippen LogP contribution in [0.1, 0.15) is 67.6 Å². The average molecular weight is 533 g/mol. The van der Waals surface area contributed by atoms with Crippen molar-refractivity contribution >= 4 is 23.5 Å². The standard InChI is InChI=1S/C31H44N6O2/c1-21-6-5-9-25(18-21)27(19-22-10-12-26(32)13-11-22)29(38)36-28(24-7-3-2-4-8-24)30(39)35-20-23-14-16-37(17-15-23)31(33)34/h5-6,9-13,18,23-24,27-28H,2-4,7-8,14-17,19-20,32H2,1H3,(H3,33,34)(H,35,39)(H,36,38)/t27?,28-/m0/s1. The molecule has 1 saturated heterocycles. The molecule has 1 aliphatic carbocycles. The van der Waals surface area contributed by atoms with Crippen LogP contribution in [0.3, 0.4) is 0 Å². The van der Waals surface area contributed by atoms with Gasteiger partial charge in [-0.05, 0) is 74.1 Å². The first-order valence-electron chi connectivity index (χ1n) is 14.4. The summed E-state index contributed by atoms with van der Waals surface area (Å²) in [4.78, 5) is 29.4. The van der Waals surface area contributed by atoms with Crippen LogP contribution in [-0.4, -0.2) is 48.3 Å². The van der Waals surface area contributed by atoms with Crippen molar-refractivity contribution in [2.24, 2.45) is 17.6 Å². The van der Waals surface area contributed by atoms with E-state index in [9.17, 15) is 9.59 Å². The third kappa shape index (κ3) is 7.97. The van der Waals surface area contributed by atoms with Crippen molar-refractivity contribution in [2.45, 2.75) is 70.3 Å². The average Bonchev–Trinajstić information content (AvgIpc) is 2.95. The summed E-state index contributed by atoms with van der Waals surface area (Å²) in [5.74, 6) is -0.0181. The first-order valence-corrected chi connectivity index (χ1v) is 14.4. The van der Waals surface area contributed by atoms with E-state index in [0.29, 0.717) is 24.6 Å². The van der Waals surface area contributed by atoms with E-state index >= 15 is 0 Å². The second-order valence-corrected chi connectivity index (χ2v) is 11.4. The van der Waals surface area contributed by atoms with Crippen LogP contribution in [0.15, 0.2) is 48.5 Å². The molecule has 2 aliphatic rings. The number of nitrogens with zero attached hydrogens (tertiary/aromatic N) is 1. The molecule has 210 valence electrons. The number of nitrogens with one attached hydrogen (secondary N) is 3. The predicted molar refractivity (Wildman–Crippen MR) is 156 cm³/mol. The molecule has 1 saturated carbocycles. The molecule has 1 heterocycles. The Morgan fingerprint density at radius 3 is 2.33 bits per heavy atom. The highest BCUT2D eigenvalue weighted by atomic mass is 16.2. The lowest BCUT2D eigenvalue weighted by atomic mass is 9.82. The third-order valence-corrected chi connectivity index (χ3v) is 8.40. The number of nitrogen functional groups attached to an aromatic ring is 1. The van der Waals surface area contributed by atoms with Gasteiger partial charge in [0, 0.05) is 25.3 Å². The van der Waals surface area contributed by atoms with Gasteiger partial charge in [0.1, 0.15) is 6.04 Å². The first kappa shape index (κ1) is 28.5. The van der Waals surface area contributed by atoms with Gasteiger partial charge < -0.3 is 27.0 Å². The predicted octanol–water partition coefficient (Wildman–Crippen LogP) is 3.69. The van der Waals surface area contributed by atoms with Gasteiger partial charge in [-0.15, -0.1) is 0 Å². The quantitative estimate of drug-likeness (QED) is 0.191. The normalized spacial score (nSPS) is 18.2. The number of hydrogen-bond donors (Lipinski definition) is 5. The van der Waals surface area contributed by atoms with Gasteiger partial charge in [-0.25, -0.2) is 0 Å². The fraction of sp³-hybridized carbons (Fsp3) is 0.516. The summed E-state index contributed by atoms with van der Waals surface area (Å²) in [6.07, 6.45) is 7.54. The van der Waals surface area contributed by atoms with Crippen molar-refractivity contribution in [3.8, 4) is 0 Å². The molecular formula is C31H44N6O2. The van der Waals surface area contributed by atoms with Crippen molar-refractivity contribution in [2.75, 3.05) is 25.4 Å². The first-order chi connectivity index (χ1) is 18.8. The van der Waals surface area contributed by atoms with Crippen LogP contribution in [0, 0.1) is 24.2 Å². The SMILES string of the molecule is Cc1cccc(C(Cc2ccc(N)cc2)C(=O)N[C@H](C(=O)NCC2CCN(C(=N)N)CC2)C2CCCCC2)c1.